The van der Waals surface area contributed by atoms with Crippen LogP contribution in [-0.4, -0.2) is 46.5 Å². The summed E-state index contributed by atoms with van der Waals surface area (Å²) in [5.74, 6) is -0.745. The van der Waals surface area contributed by atoms with Gasteiger partial charge in [0, 0.05) is 25.1 Å². The number of halogens is 3. The smallest absolute Gasteiger partial charge is 0.406 e. The Bertz CT molecular complexity index is 1010. The Kier molecular flexibility index (Phi) is 5.33. The quantitative estimate of drug-likeness (QED) is 0.620. The normalized spacial score (nSPS) is 16.9. The second-order valence-electron chi connectivity index (χ2n) is 6.32. The third-order valence-corrected chi connectivity index (χ3v) is 5.29. The molecule has 1 unspecified atom stereocenters. The van der Waals surface area contributed by atoms with E-state index in [1.807, 2.05) is 0 Å². The van der Waals surface area contributed by atoms with Crippen molar-refractivity contribution in [2.45, 2.75) is 25.3 Å². The summed E-state index contributed by atoms with van der Waals surface area (Å²) in [5, 5.41) is 0.343. The van der Waals surface area contributed by atoms with Crippen molar-refractivity contribution in [2.75, 3.05) is 18.1 Å². The molecule has 4 rings (SSSR count). The summed E-state index contributed by atoms with van der Waals surface area (Å²) in [6.07, 6.45) is 1.00. The SMILES string of the molecule is O=C(c1cnccn1)N(CC1CCCO1)c1nc2ccc(OC(F)(F)F)cc2s1. The van der Waals surface area contributed by atoms with Crippen molar-refractivity contribution >= 4 is 32.6 Å². The Morgan fingerprint density at radius 1 is 1.34 bits per heavy atom. The molecule has 7 nitrogen and oxygen atoms in total. The van der Waals surface area contributed by atoms with Gasteiger partial charge >= 0.3 is 6.36 Å². The molecule has 152 valence electrons. The minimum absolute atomic E-state index is 0.144. The fourth-order valence-corrected chi connectivity index (χ4v) is 3.99. The molecule has 0 bridgehead atoms. The summed E-state index contributed by atoms with van der Waals surface area (Å²) in [5.41, 5.74) is 0.606. The molecule has 0 radical (unpaired) electrons. The fourth-order valence-electron chi connectivity index (χ4n) is 2.99. The van der Waals surface area contributed by atoms with Gasteiger partial charge in [0.05, 0.1) is 29.1 Å². The third-order valence-electron chi connectivity index (χ3n) is 4.25. The summed E-state index contributed by atoms with van der Waals surface area (Å²) in [6.45, 7) is 0.886. The number of nitrogens with zero attached hydrogens (tertiary/aromatic N) is 4. The Morgan fingerprint density at radius 3 is 2.90 bits per heavy atom. The van der Waals surface area contributed by atoms with Crippen LogP contribution in [0, 0.1) is 0 Å². The van der Waals surface area contributed by atoms with Crippen molar-refractivity contribution in [1.82, 2.24) is 15.0 Å². The molecular formula is C18H15F3N4O3S. The maximum absolute atomic E-state index is 13.0. The highest BCUT2D eigenvalue weighted by Crippen LogP contribution is 2.34. The standard InChI is InChI=1S/C18H15F3N4O3S/c19-18(20,21)28-11-3-4-13-15(8-11)29-17(24-13)25(10-12-2-1-7-27-12)16(26)14-9-22-5-6-23-14/h3-6,8-9,12H,1-2,7,10H2. The molecule has 1 aliphatic rings. The number of benzene rings is 1. The monoisotopic (exact) mass is 424 g/mol. The molecule has 0 saturated carbocycles. The lowest BCUT2D eigenvalue weighted by molar-refractivity contribution is -0.274. The highest BCUT2D eigenvalue weighted by atomic mass is 32.1. The number of anilines is 1. The van der Waals surface area contributed by atoms with Crippen molar-refractivity contribution in [3.05, 3.63) is 42.5 Å². The first-order chi connectivity index (χ1) is 13.9. The second-order valence-corrected chi connectivity index (χ2v) is 7.32. The number of thiazole rings is 1. The molecule has 1 saturated heterocycles. The molecule has 1 atom stereocenters. The van der Waals surface area contributed by atoms with Crippen LogP contribution in [-0.2, 0) is 4.74 Å². The number of fused-ring (bicyclic) bond motifs is 1. The number of hydrogen-bond acceptors (Lipinski definition) is 7. The van der Waals surface area contributed by atoms with E-state index in [-0.39, 0.29) is 24.1 Å². The van der Waals surface area contributed by atoms with Crippen LogP contribution in [0.4, 0.5) is 18.3 Å². The van der Waals surface area contributed by atoms with Crippen molar-refractivity contribution < 1.29 is 27.4 Å². The van der Waals surface area contributed by atoms with Gasteiger partial charge in [-0.05, 0) is 25.0 Å². The predicted octanol–water partition coefficient (Wildman–Crippen LogP) is 3.81. The predicted molar refractivity (Wildman–Crippen MR) is 99.0 cm³/mol. The topological polar surface area (TPSA) is 77.4 Å². The highest BCUT2D eigenvalue weighted by Gasteiger charge is 2.32. The molecule has 2 aromatic heterocycles. The average Bonchev–Trinajstić information content (AvgIpc) is 3.34. The molecule has 3 aromatic rings. The Morgan fingerprint density at radius 2 is 2.21 bits per heavy atom. The van der Waals surface area contributed by atoms with Crippen LogP contribution in [0.1, 0.15) is 23.3 Å². The van der Waals surface area contributed by atoms with Gasteiger partial charge in [-0.3, -0.25) is 14.7 Å². The maximum atomic E-state index is 13.0. The summed E-state index contributed by atoms with van der Waals surface area (Å²) >= 11 is 1.09. The summed E-state index contributed by atoms with van der Waals surface area (Å²) in [4.78, 5) is 26.9. The zero-order valence-corrected chi connectivity index (χ0v) is 15.7. The van der Waals surface area contributed by atoms with Crippen LogP contribution in [0.25, 0.3) is 10.2 Å². The number of ether oxygens (including phenoxy) is 2. The molecule has 1 aromatic carbocycles. The fraction of sp³-hybridized carbons (Fsp3) is 0.333. The van der Waals surface area contributed by atoms with Crippen molar-refractivity contribution in [3.63, 3.8) is 0 Å². The maximum Gasteiger partial charge on any atom is 0.573 e. The molecule has 1 aliphatic heterocycles. The zero-order valence-electron chi connectivity index (χ0n) is 14.9. The van der Waals surface area contributed by atoms with Crippen LogP contribution in [0.15, 0.2) is 36.8 Å². The van der Waals surface area contributed by atoms with Gasteiger partial charge in [0.1, 0.15) is 11.4 Å². The molecule has 1 amide bonds. The van der Waals surface area contributed by atoms with Gasteiger partial charge in [-0.15, -0.1) is 13.2 Å². The summed E-state index contributed by atoms with van der Waals surface area (Å²) in [7, 11) is 0. The number of alkyl halides is 3. The molecule has 29 heavy (non-hydrogen) atoms. The third kappa shape index (κ3) is 4.62. The largest absolute Gasteiger partial charge is 0.573 e. The first-order valence-corrected chi connectivity index (χ1v) is 9.56. The van der Waals surface area contributed by atoms with E-state index in [1.54, 1.807) is 0 Å². The van der Waals surface area contributed by atoms with Gasteiger partial charge in [-0.25, -0.2) is 9.97 Å². The summed E-state index contributed by atoms with van der Waals surface area (Å²) in [6, 6.07) is 3.86. The van der Waals surface area contributed by atoms with E-state index in [2.05, 4.69) is 19.7 Å². The number of hydrogen-bond donors (Lipinski definition) is 0. The van der Waals surface area contributed by atoms with E-state index in [4.69, 9.17) is 4.74 Å². The number of carbonyl (C=O) groups is 1. The van der Waals surface area contributed by atoms with Gasteiger partial charge in [0.25, 0.3) is 5.91 Å². The van der Waals surface area contributed by atoms with E-state index in [1.165, 1.54) is 41.7 Å². The van der Waals surface area contributed by atoms with Crippen LogP contribution in [0.2, 0.25) is 0 Å². The van der Waals surface area contributed by atoms with E-state index in [0.717, 1.165) is 24.2 Å². The van der Waals surface area contributed by atoms with Gasteiger partial charge in [-0.1, -0.05) is 11.3 Å². The number of aromatic nitrogens is 3. The minimum Gasteiger partial charge on any atom is -0.406 e. The Labute approximate surface area is 167 Å². The van der Waals surface area contributed by atoms with E-state index in [0.29, 0.717) is 22.0 Å². The zero-order chi connectivity index (χ0) is 20.4. The second kappa shape index (κ2) is 7.91. The number of amides is 1. The first kappa shape index (κ1) is 19.5. The van der Waals surface area contributed by atoms with Crippen molar-refractivity contribution in [2.24, 2.45) is 0 Å². The van der Waals surface area contributed by atoms with Crippen molar-refractivity contribution in [3.8, 4) is 5.75 Å². The van der Waals surface area contributed by atoms with Crippen LogP contribution in [0.5, 0.6) is 5.75 Å². The molecule has 0 spiro atoms. The summed E-state index contributed by atoms with van der Waals surface area (Å²) < 4.78 is 47.5. The molecular weight excluding hydrogens is 409 g/mol. The molecule has 11 heteroatoms. The lowest BCUT2D eigenvalue weighted by Gasteiger charge is -2.22. The van der Waals surface area contributed by atoms with Gasteiger partial charge in [0.2, 0.25) is 0 Å². The lowest BCUT2D eigenvalue weighted by Crippen LogP contribution is -2.38. The lowest BCUT2D eigenvalue weighted by atomic mass is 10.2. The molecule has 0 aliphatic carbocycles. The van der Waals surface area contributed by atoms with Gasteiger partial charge in [-0.2, -0.15) is 0 Å². The first-order valence-electron chi connectivity index (χ1n) is 8.75. The Hall–Kier alpha value is -2.79. The highest BCUT2D eigenvalue weighted by molar-refractivity contribution is 7.22. The molecule has 1 fully saturated rings. The van der Waals surface area contributed by atoms with E-state index < -0.39 is 12.3 Å². The number of rotatable bonds is 5. The average molecular weight is 424 g/mol. The van der Waals surface area contributed by atoms with Crippen molar-refractivity contribution in [1.29, 1.82) is 0 Å². The van der Waals surface area contributed by atoms with Crippen LogP contribution < -0.4 is 9.64 Å². The Balaban J connectivity index is 1.67. The van der Waals surface area contributed by atoms with Crippen LogP contribution >= 0.6 is 11.3 Å². The van der Waals surface area contributed by atoms with E-state index >= 15 is 0 Å². The molecule has 3 heterocycles. The van der Waals surface area contributed by atoms with Gasteiger partial charge in [0.15, 0.2) is 5.13 Å². The van der Waals surface area contributed by atoms with Gasteiger partial charge < -0.3 is 9.47 Å². The van der Waals surface area contributed by atoms with Crippen LogP contribution in [0.3, 0.4) is 0 Å². The molecule has 0 N–H and O–H groups in total. The number of carbonyl (C=O) groups excluding carboxylic acids is 1. The van der Waals surface area contributed by atoms with E-state index in [9.17, 15) is 18.0 Å². The minimum atomic E-state index is -4.78.